The largest absolute Gasteiger partial charge is 0.464 e. The number of rotatable bonds is 2. The molecule has 0 bridgehead atoms. The molecule has 5 heteroatoms. The van der Waals surface area contributed by atoms with Crippen molar-refractivity contribution in [1.82, 2.24) is 0 Å². The molecule has 5 nitrogen and oxygen atoms in total. The molecule has 0 fully saturated rings. The van der Waals surface area contributed by atoms with Crippen LogP contribution in [0.2, 0.25) is 0 Å². The molecule has 2 aromatic heterocycles. The van der Waals surface area contributed by atoms with E-state index < -0.39 is 6.10 Å². The first-order chi connectivity index (χ1) is 11.7. The van der Waals surface area contributed by atoms with Crippen molar-refractivity contribution in [2.24, 2.45) is 0 Å². The van der Waals surface area contributed by atoms with Crippen LogP contribution in [0.15, 0.2) is 79.5 Å². The zero-order valence-electron chi connectivity index (χ0n) is 12.4. The van der Waals surface area contributed by atoms with Crippen LogP contribution in [-0.4, -0.2) is 5.11 Å². The molecule has 24 heavy (non-hydrogen) atoms. The van der Waals surface area contributed by atoms with Gasteiger partial charge in [0.2, 0.25) is 0 Å². The molecule has 118 valence electrons. The maximum atomic E-state index is 12.6. The highest BCUT2D eigenvalue weighted by molar-refractivity contribution is 5.78. The lowest BCUT2D eigenvalue weighted by atomic mass is 10.0. The first-order valence-electron chi connectivity index (χ1n) is 7.36. The van der Waals surface area contributed by atoms with Gasteiger partial charge in [-0.2, -0.15) is 0 Å². The van der Waals surface area contributed by atoms with Gasteiger partial charge in [-0.05, 0) is 24.3 Å². The average molecular weight is 320 g/mol. The van der Waals surface area contributed by atoms with E-state index in [9.17, 15) is 14.7 Å². The molecular weight excluding hydrogens is 308 g/mol. The zero-order valence-corrected chi connectivity index (χ0v) is 12.4. The molecule has 2 heterocycles. The Morgan fingerprint density at radius 1 is 0.708 bits per heavy atom. The lowest BCUT2D eigenvalue weighted by molar-refractivity contribution is 0.213. The van der Waals surface area contributed by atoms with Crippen LogP contribution in [0.3, 0.4) is 0 Å². The molecule has 0 saturated carbocycles. The number of aliphatic hydroxyl groups excluding tert-OH is 1. The van der Waals surface area contributed by atoms with Gasteiger partial charge in [0.1, 0.15) is 29.8 Å². The van der Waals surface area contributed by atoms with E-state index in [-0.39, 0.29) is 22.0 Å². The third kappa shape index (κ3) is 2.14. The van der Waals surface area contributed by atoms with Crippen molar-refractivity contribution >= 4 is 21.9 Å². The van der Waals surface area contributed by atoms with Gasteiger partial charge >= 0.3 is 0 Å². The minimum Gasteiger partial charge on any atom is -0.464 e. The highest BCUT2D eigenvalue weighted by Crippen LogP contribution is 2.21. The fourth-order valence-corrected chi connectivity index (χ4v) is 2.73. The Labute approximate surface area is 135 Å². The number of benzene rings is 2. The van der Waals surface area contributed by atoms with Gasteiger partial charge in [0, 0.05) is 0 Å². The van der Waals surface area contributed by atoms with Gasteiger partial charge in [-0.1, -0.05) is 24.3 Å². The molecule has 2 aromatic carbocycles. The molecule has 0 unspecified atom stereocenters. The second-order valence-corrected chi connectivity index (χ2v) is 5.44. The average Bonchev–Trinajstić information content (AvgIpc) is 2.62. The summed E-state index contributed by atoms with van der Waals surface area (Å²) in [6.45, 7) is 0. The standard InChI is InChI=1S/C19H12O5/c20-17-11-5-1-3-7-15(11)23-9-13(17)19(22)14-10-24-16-8-4-2-6-12(16)18(14)21/h1-10,19,22H. The van der Waals surface area contributed by atoms with Crippen LogP contribution in [0.4, 0.5) is 0 Å². The van der Waals surface area contributed by atoms with Crippen molar-refractivity contribution in [2.75, 3.05) is 0 Å². The van der Waals surface area contributed by atoms with Crippen molar-refractivity contribution in [3.63, 3.8) is 0 Å². The summed E-state index contributed by atoms with van der Waals surface area (Å²) in [5.41, 5.74) is 0.0781. The molecule has 0 aliphatic rings. The molecule has 0 amide bonds. The summed E-state index contributed by atoms with van der Waals surface area (Å²) in [4.78, 5) is 25.1. The zero-order chi connectivity index (χ0) is 16.7. The van der Waals surface area contributed by atoms with Gasteiger partial charge in [0.05, 0.1) is 21.9 Å². The summed E-state index contributed by atoms with van der Waals surface area (Å²) in [7, 11) is 0. The topological polar surface area (TPSA) is 80.6 Å². The Morgan fingerprint density at radius 2 is 1.12 bits per heavy atom. The second-order valence-electron chi connectivity index (χ2n) is 5.44. The van der Waals surface area contributed by atoms with Crippen molar-refractivity contribution in [3.8, 4) is 0 Å². The first-order valence-corrected chi connectivity index (χ1v) is 7.36. The number of aliphatic hydroxyl groups is 1. The van der Waals surface area contributed by atoms with E-state index in [2.05, 4.69) is 0 Å². The Morgan fingerprint density at radius 3 is 1.58 bits per heavy atom. The Hall–Kier alpha value is -3.18. The maximum Gasteiger partial charge on any atom is 0.198 e. The molecule has 0 radical (unpaired) electrons. The van der Waals surface area contributed by atoms with Crippen LogP contribution < -0.4 is 10.9 Å². The normalized spacial score (nSPS) is 11.4. The number of para-hydroxylation sites is 2. The summed E-state index contributed by atoms with van der Waals surface area (Å²) in [6, 6.07) is 13.5. The van der Waals surface area contributed by atoms with E-state index in [0.717, 1.165) is 0 Å². The van der Waals surface area contributed by atoms with Gasteiger partial charge in [0.25, 0.3) is 0 Å². The van der Waals surface area contributed by atoms with Crippen molar-refractivity contribution in [3.05, 3.63) is 92.6 Å². The quantitative estimate of drug-likeness (QED) is 0.614. The fraction of sp³-hybridized carbons (Fsp3) is 0.0526. The maximum absolute atomic E-state index is 12.6. The SMILES string of the molecule is O=c1c(C(O)c2coc3ccccc3c2=O)coc2ccccc12. The second kappa shape index (κ2) is 5.47. The van der Waals surface area contributed by atoms with Crippen LogP contribution >= 0.6 is 0 Å². The van der Waals surface area contributed by atoms with E-state index in [4.69, 9.17) is 8.83 Å². The summed E-state index contributed by atoms with van der Waals surface area (Å²) >= 11 is 0. The predicted octanol–water partition coefficient (Wildman–Crippen LogP) is 2.98. The van der Waals surface area contributed by atoms with Gasteiger partial charge in [-0.3, -0.25) is 9.59 Å². The lowest BCUT2D eigenvalue weighted by Gasteiger charge is -2.10. The highest BCUT2D eigenvalue weighted by Gasteiger charge is 2.21. The molecule has 1 N–H and O–H groups in total. The van der Waals surface area contributed by atoms with Crippen LogP contribution in [-0.2, 0) is 0 Å². The molecule has 4 rings (SSSR count). The Kier molecular flexibility index (Phi) is 3.29. The smallest absolute Gasteiger partial charge is 0.198 e. The van der Waals surface area contributed by atoms with Crippen LogP contribution in [0, 0.1) is 0 Å². The lowest BCUT2D eigenvalue weighted by Crippen LogP contribution is -2.20. The first kappa shape index (κ1) is 14.4. The molecule has 0 saturated heterocycles. The third-order valence-electron chi connectivity index (χ3n) is 4.00. The van der Waals surface area contributed by atoms with Crippen molar-refractivity contribution in [2.45, 2.75) is 6.10 Å². The predicted molar refractivity (Wildman–Crippen MR) is 89.0 cm³/mol. The Balaban J connectivity index is 1.92. The monoisotopic (exact) mass is 320 g/mol. The van der Waals surface area contributed by atoms with Gasteiger partial charge in [-0.15, -0.1) is 0 Å². The van der Waals surface area contributed by atoms with Gasteiger partial charge in [-0.25, -0.2) is 0 Å². The van der Waals surface area contributed by atoms with E-state index in [0.29, 0.717) is 21.9 Å². The van der Waals surface area contributed by atoms with Crippen LogP contribution in [0.1, 0.15) is 17.2 Å². The van der Waals surface area contributed by atoms with Gasteiger partial charge in [0.15, 0.2) is 10.9 Å². The molecular formula is C19H12O5. The molecule has 0 atom stereocenters. The number of hydrogen-bond acceptors (Lipinski definition) is 5. The number of fused-ring (bicyclic) bond motifs is 2. The summed E-state index contributed by atoms with van der Waals surface area (Å²) in [5.74, 6) is 0. The minimum atomic E-state index is -1.42. The molecule has 0 aliphatic carbocycles. The fourth-order valence-electron chi connectivity index (χ4n) is 2.73. The molecule has 4 aromatic rings. The molecule has 0 spiro atoms. The van der Waals surface area contributed by atoms with E-state index in [1.807, 2.05) is 0 Å². The number of hydrogen-bond donors (Lipinski definition) is 1. The summed E-state index contributed by atoms with van der Waals surface area (Å²) in [5, 5.41) is 11.2. The van der Waals surface area contributed by atoms with Crippen molar-refractivity contribution < 1.29 is 13.9 Å². The van der Waals surface area contributed by atoms with E-state index in [1.54, 1.807) is 48.5 Å². The van der Waals surface area contributed by atoms with E-state index >= 15 is 0 Å². The summed E-state index contributed by atoms with van der Waals surface area (Å²) < 4.78 is 10.8. The van der Waals surface area contributed by atoms with E-state index in [1.165, 1.54) is 12.5 Å². The van der Waals surface area contributed by atoms with Crippen molar-refractivity contribution in [1.29, 1.82) is 0 Å². The van der Waals surface area contributed by atoms with Crippen LogP contribution in [0.5, 0.6) is 0 Å². The Bertz CT molecular complexity index is 1080. The summed E-state index contributed by atoms with van der Waals surface area (Å²) in [6.07, 6.45) is 0.945. The minimum absolute atomic E-state index is 0.00344. The van der Waals surface area contributed by atoms with Gasteiger partial charge < -0.3 is 13.9 Å². The highest BCUT2D eigenvalue weighted by atomic mass is 16.3. The molecule has 0 aliphatic heterocycles. The third-order valence-corrected chi connectivity index (χ3v) is 4.00. The van der Waals surface area contributed by atoms with Crippen LogP contribution in [0.25, 0.3) is 21.9 Å².